The second-order valence-electron chi connectivity index (χ2n) is 8.18. The molecule has 0 saturated heterocycles. The fourth-order valence-corrected chi connectivity index (χ4v) is 5.90. The van der Waals surface area contributed by atoms with Crippen LogP contribution < -0.4 is 10.2 Å². The molecule has 1 N–H and O–H groups in total. The van der Waals surface area contributed by atoms with Gasteiger partial charge < -0.3 is 4.74 Å². The van der Waals surface area contributed by atoms with Gasteiger partial charge in [0.25, 0.3) is 5.91 Å². The number of nitrogens with zero attached hydrogens (tertiary/aromatic N) is 1. The molecular weight excluding hydrogens is 336 g/mol. The largest absolute Gasteiger partial charge is 0.496 e. The summed E-state index contributed by atoms with van der Waals surface area (Å²) in [4.78, 5) is 12.6. The lowest BCUT2D eigenvalue weighted by molar-refractivity contribution is -0.0128. The molecule has 0 atom stereocenters. The highest BCUT2D eigenvalue weighted by molar-refractivity contribution is 6.31. The van der Waals surface area contributed by atoms with Gasteiger partial charge in [-0.3, -0.25) is 4.79 Å². The Morgan fingerprint density at radius 3 is 2.36 bits per heavy atom. The zero-order chi connectivity index (χ0) is 17.6. The summed E-state index contributed by atoms with van der Waals surface area (Å²) in [7, 11) is 1.55. The zero-order valence-corrected chi connectivity index (χ0v) is 15.6. The molecule has 5 heteroatoms. The number of hydrogen-bond acceptors (Lipinski definition) is 3. The minimum Gasteiger partial charge on any atom is -0.496 e. The standard InChI is InChI=1S/C20H25ClN2O2/c1-12(20-9-13-5-14(10-20)7-15(6-13)11-20)22-23-19(24)17-8-16(21)3-4-18(17)25-2/h3-4,8,13-15H,5-7,9-11H2,1-2H3,(H,23,24). The van der Waals surface area contributed by atoms with E-state index in [-0.39, 0.29) is 11.3 Å². The summed E-state index contributed by atoms with van der Waals surface area (Å²) in [5, 5.41) is 5.02. The maximum atomic E-state index is 12.6. The Hall–Kier alpha value is -1.55. The molecule has 5 rings (SSSR count). The second kappa shape index (κ2) is 6.31. The number of hydrogen-bond donors (Lipinski definition) is 1. The van der Waals surface area contributed by atoms with Gasteiger partial charge in [-0.15, -0.1) is 0 Å². The van der Waals surface area contributed by atoms with Gasteiger partial charge in [0.2, 0.25) is 0 Å². The van der Waals surface area contributed by atoms with E-state index in [0.717, 1.165) is 23.5 Å². The van der Waals surface area contributed by atoms with Crippen LogP contribution in [0.25, 0.3) is 0 Å². The molecule has 0 aliphatic heterocycles. The molecule has 0 radical (unpaired) electrons. The van der Waals surface area contributed by atoms with Gasteiger partial charge in [0, 0.05) is 16.1 Å². The Labute approximate surface area is 154 Å². The third kappa shape index (κ3) is 3.05. The number of carbonyl (C=O) groups excluding carboxylic acids is 1. The molecule has 4 saturated carbocycles. The Bertz CT molecular complexity index is 693. The van der Waals surface area contributed by atoms with Crippen molar-refractivity contribution in [1.29, 1.82) is 0 Å². The molecule has 4 aliphatic rings. The maximum absolute atomic E-state index is 12.6. The minimum absolute atomic E-state index is 0.209. The van der Waals surface area contributed by atoms with Crippen molar-refractivity contribution in [2.24, 2.45) is 28.3 Å². The monoisotopic (exact) mass is 360 g/mol. The van der Waals surface area contributed by atoms with E-state index < -0.39 is 0 Å². The molecule has 25 heavy (non-hydrogen) atoms. The van der Waals surface area contributed by atoms with E-state index in [1.54, 1.807) is 25.3 Å². The van der Waals surface area contributed by atoms with Crippen LogP contribution in [0.2, 0.25) is 5.02 Å². The van der Waals surface area contributed by atoms with Gasteiger partial charge in [0.05, 0.1) is 12.7 Å². The van der Waals surface area contributed by atoms with E-state index in [1.165, 1.54) is 38.5 Å². The summed E-state index contributed by atoms with van der Waals surface area (Å²) in [5.41, 5.74) is 4.44. The highest BCUT2D eigenvalue weighted by atomic mass is 35.5. The predicted octanol–water partition coefficient (Wildman–Crippen LogP) is 4.67. The van der Waals surface area contributed by atoms with E-state index in [1.807, 2.05) is 0 Å². The average Bonchev–Trinajstić information content (AvgIpc) is 2.58. The first-order chi connectivity index (χ1) is 12.0. The number of amides is 1. The number of halogens is 1. The number of rotatable bonds is 4. The molecule has 4 nitrogen and oxygen atoms in total. The lowest BCUT2D eigenvalue weighted by atomic mass is 9.48. The highest BCUT2D eigenvalue weighted by Crippen LogP contribution is 2.60. The first-order valence-corrected chi connectivity index (χ1v) is 9.55. The maximum Gasteiger partial charge on any atom is 0.275 e. The minimum atomic E-state index is -0.275. The summed E-state index contributed by atoms with van der Waals surface area (Å²) in [6, 6.07) is 5.03. The molecule has 4 fully saturated rings. The van der Waals surface area contributed by atoms with E-state index >= 15 is 0 Å². The lowest BCUT2D eigenvalue weighted by Crippen LogP contribution is -2.49. The molecular formula is C20H25ClN2O2. The van der Waals surface area contributed by atoms with Crippen molar-refractivity contribution in [3.05, 3.63) is 28.8 Å². The summed E-state index contributed by atoms with van der Waals surface area (Å²) in [6.07, 6.45) is 7.93. The van der Waals surface area contributed by atoms with Crippen molar-refractivity contribution in [1.82, 2.24) is 5.43 Å². The Morgan fingerprint density at radius 2 is 1.80 bits per heavy atom. The molecule has 1 aromatic carbocycles. The molecule has 0 unspecified atom stereocenters. The van der Waals surface area contributed by atoms with Gasteiger partial charge in [-0.05, 0) is 81.4 Å². The number of ether oxygens (including phenoxy) is 1. The average molecular weight is 361 g/mol. The molecule has 134 valence electrons. The van der Waals surface area contributed by atoms with Crippen LogP contribution in [0, 0.1) is 23.2 Å². The molecule has 0 heterocycles. The van der Waals surface area contributed by atoms with Gasteiger partial charge in [0.1, 0.15) is 5.75 Å². The van der Waals surface area contributed by atoms with Gasteiger partial charge in [0.15, 0.2) is 0 Å². The highest BCUT2D eigenvalue weighted by Gasteiger charge is 2.52. The van der Waals surface area contributed by atoms with Crippen LogP contribution in [0.4, 0.5) is 0 Å². The fraction of sp³-hybridized carbons (Fsp3) is 0.600. The number of hydrazone groups is 1. The number of carbonyl (C=O) groups is 1. The Kier molecular flexibility index (Phi) is 4.27. The lowest BCUT2D eigenvalue weighted by Gasteiger charge is -2.56. The Morgan fingerprint density at radius 1 is 1.20 bits per heavy atom. The van der Waals surface area contributed by atoms with Crippen LogP contribution in [-0.2, 0) is 0 Å². The summed E-state index contributed by atoms with van der Waals surface area (Å²) < 4.78 is 5.26. The molecule has 0 spiro atoms. The SMILES string of the molecule is COc1ccc(Cl)cc1C(=O)NN=C(C)C12CC3CC(CC(C3)C1)C2. The first-order valence-electron chi connectivity index (χ1n) is 9.18. The van der Waals surface area contributed by atoms with E-state index in [0.29, 0.717) is 16.3 Å². The first kappa shape index (κ1) is 16.9. The van der Waals surface area contributed by atoms with Crippen molar-refractivity contribution < 1.29 is 9.53 Å². The molecule has 4 bridgehead atoms. The van der Waals surface area contributed by atoms with Crippen molar-refractivity contribution in [2.45, 2.75) is 45.4 Å². The molecule has 1 aromatic rings. The van der Waals surface area contributed by atoms with E-state index in [2.05, 4.69) is 17.5 Å². The number of nitrogens with one attached hydrogen (secondary N) is 1. The quantitative estimate of drug-likeness (QED) is 0.626. The normalized spacial score (nSPS) is 33.4. The van der Waals surface area contributed by atoms with Crippen LogP contribution in [0.5, 0.6) is 5.75 Å². The fourth-order valence-electron chi connectivity index (χ4n) is 5.72. The number of benzene rings is 1. The van der Waals surface area contributed by atoms with Gasteiger partial charge in [-0.1, -0.05) is 11.6 Å². The third-order valence-corrected chi connectivity index (χ3v) is 6.77. The van der Waals surface area contributed by atoms with Gasteiger partial charge in [-0.2, -0.15) is 5.10 Å². The van der Waals surface area contributed by atoms with Crippen LogP contribution in [-0.4, -0.2) is 18.7 Å². The van der Waals surface area contributed by atoms with Crippen LogP contribution in [0.3, 0.4) is 0 Å². The summed E-state index contributed by atoms with van der Waals surface area (Å²) >= 11 is 6.02. The zero-order valence-electron chi connectivity index (χ0n) is 14.8. The molecule has 4 aliphatic carbocycles. The van der Waals surface area contributed by atoms with Gasteiger partial charge >= 0.3 is 0 Å². The topological polar surface area (TPSA) is 50.7 Å². The van der Waals surface area contributed by atoms with Crippen molar-refractivity contribution in [3.63, 3.8) is 0 Å². The van der Waals surface area contributed by atoms with Crippen molar-refractivity contribution in [3.8, 4) is 5.75 Å². The molecule has 1 amide bonds. The second-order valence-corrected chi connectivity index (χ2v) is 8.62. The molecule has 0 aromatic heterocycles. The number of methoxy groups -OCH3 is 1. The van der Waals surface area contributed by atoms with Crippen molar-refractivity contribution >= 4 is 23.2 Å². The van der Waals surface area contributed by atoms with Crippen LogP contribution in [0.15, 0.2) is 23.3 Å². The predicted molar refractivity (Wildman–Crippen MR) is 99.2 cm³/mol. The van der Waals surface area contributed by atoms with Crippen molar-refractivity contribution in [2.75, 3.05) is 7.11 Å². The van der Waals surface area contributed by atoms with Gasteiger partial charge in [-0.25, -0.2) is 5.43 Å². The van der Waals surface area contributed by atoms with E-state index in [4.69, 9.17) is 16.3 Å². The Balaban J connectivity index is 1.52. The third-order valence-electron chi connectivity index (χ3n) is 6.54. The summed E-state index contributed by atoms with van der Waals surface area (Å²) in [5.74, 6) is 2.81. The summed E-state index contributed by atoms with van der Waals surface area (Å²) in [6.45, 7) is 2.09. The van der Waals surface area contributed by atoms with E-state index in [9.17, 15) is 4.79 Å². The van der Waals surface area contributed by atoms with Crippen LogP contribution >= 0.6 is 11.6 Å². The van der Waals surface area contributed by atoms with Crippen LogP contribution in [0.1, 0.15) is 55.8 Å². The smallest absolute Gasteiger partial charge is 0.275 e.